The highest BCUT2D eigenvalue weighted by atomic mass is 32.2. The second-order valence-electron chi connectivity index (χ2n) is 7.64. The normalized spacial score (nSPS) is 18.8. The number of thioether (sulfide) groups is 1. The van der Waals surface area contributed by atoms with E-state index in [1.165, 1.54) is 38.9 Å². The molecule has 170 valence electrons. The lowest BCUT2D eigenvalue weighted by molar-refractivity contribution is -0.301. The van der Waals surface area contributed by atoms with Crippen LogP contribution in [0, 0.1) is 0 Å². The second-order valence-corrected chi connectivity index (χ2v) is 9.61. The highest BCUT2D eigenvalue weighted by molar-refractivity contribution is 7.99. The minimum atomic E-state index is -1.55. The largest absolute Gasteiger partial charge is 0.545 e. The maximum atomic E-state index is 9.41. The molecule has 0 N–H and O–H groups in total. The van der Waals surface area contributed by atoms with Gasteiger partial charge in [-0.3, -0.25) is 4.90 Å². The Morgan fingerprint density at radius 3 is 2.28 bits per heavy atom. The van der Waals surface area contributed by atoms with Crippen molar-refractivity contribution in [2.45, 2.75) is 27.1 Å². The Morgan fingerprint density at radius 1 is 1.00 bits per heavy atom. The first kappa shape index (κ1) is 24.4. The highest BCUT2D eigenvalue weighted by Crippen LogP contribution is 2.44. The van der Waals surface area contributed by atoms with Gasteiger partial charge in [0.25, 0.3) is 0 Å². The molecule has 0 aromatic heterocycles. The molecular weight excluding hydrogens is 444 g/mol. The fourth-order valence-corrected chi connectivity index (χ4v) is 5.37. The molecule has 0 bridgehead atoms. The van der Waals surface area contributed by atoms with Crippen molar-refractivity contribution in [2.75, 3.05) is 39.5 Å². The Balaban J connectivity index is 0.000000312. The summed E-state index contributed by atoms with van der Waals surface area (Å²) in [4.78, 5) is 28.2. The number of benzene rings is 2. The maximum absolute atomic E-state index is 9.41. The molecule has 2 aromatic rings. The van der Waals surface area contributed by atoms with Crippen LogP contribution in [0.15, 0.2) is 69.3 Å². The van der Waals surface area contributed by atoms with E-state index in [4.69, 9.17) is 0 Å². The van der Waals surface area contributed by atoms with Gasteiger partial charge in [0.15, 0.2) is 0 Å². The van der Waals surface area contributed by atoms with E-state index in [-0.39, 0.29) is 0 Å². The molecule has 2 aromatic carbocycles. The molecule has 0 spiro atoms. The van der Waals surface area contributed by atoms with Gasteiger partial charge in [0, 0.05) is 46.9 Å². The number of fused-ring (bicyclic) bond motifs is 2. The summed E-state index contributed by atoms with van der Waals surface area (Å²) < 4.78 is 0. The SMILES string of the molecule is CSc1ccc2c(c1)C(N1CCN(C)CC1)Cc1ccccc1S2.O=C([O-])/C=C\C(=O)[O-]. The maximum Gasteiger partial charge on any atom is 0.0643 e. The molecule has 2 aliphatic rings. The van der Waals surface area contributed by atoms with Crippen molar-refractivity contribution in [3.05, 3.63) is 65.7 Å². The van der Waals surface area contributed by atoms with Gasteiger partial charge in [-0.05, 0) is 67.3 Å². The van der Waals surface area contributed by atoms with Gasteiger partial charge in [-0.1, -0.05) is 30.0 Å². The molecule has 0 aliphatic carbocycles. The van der Waals surface area contributed by atoms with Crippen molar-refractivity contribution in [2.24, 2.45) is 0 Å². The lowest BCUT2D eigenvalue weighted by Gasteiger charge is -2.38. The quantitative estimate of drug-likeness (QED) is 0.490. The van der Waals surface area contributed by atoms with Crippen molar-refractivity contribution in [1.29, 1.82) is 0 Å². The Kier molecular flexibility index (Phi) is 8.81. The number of hydrogen-bond acceptors (Lipinski definition) is 8. The van der Waals surface area contributed by atoms with Crippen LogP contribution >= 0.6 is 23.5 Å². The van der Waals surface area contributed by atoms with Crippen LogP contribution in [-0.4, -0.2) is 61.2 Å². The number of rotatable bonds is 4. The molecule has 2 heterocycles. The van der Waals surface area contributed by atoms with Crippen LogP contribution in [0.5, 0.6) is 0 Å². The third kappa shape index (κ3) is 6.62. The highest BCUT2D eigenvalue weighted by Gasteiger charge is 2.29. The molecule has 2 aliphatic heterocycles. The average molecular weight is 471 g/mol. The summed E-state index contributed by atoms with van der Waals surface area (Å²) >= 11 is 3.79. The molecule has 0 amide bonds. The number of likely N-dealkylation sites (N-methyl/N-ethyl adjacent to an activating group) is 1. The fourth-order valence-electron chi connectivity index (χ4n) is 3.81. The van der Waals surface area contributed by atoms with Crippen LogP contribution in [0.3, 0.4) is 0 Å². The third-order valence-corrected chi connectivity index (χ3v) is 7.45. The van der Waals surface area contributed by atoms with Crippen LogP contribution < -0.4 is 10.2 Å². The topological polar surface area (TPSA) is 86.7 Å². The molecule has 32 heavy (non-hydrogen) atoms. The number of carbonyl (C=O) groups excluding carboxylic acids is 2. The second kappa shape index (κ2) is 11.6. The summed E-state index contributed by atoms with van der Waals surface area (Å²) in [6.07, 6.45) is 4.06. The Morgan fingerprint density at radius 2 is 1.66 bits per heavy atom. The molecule has 0 saturated carbocycles. The number of carboxylic acids is 2. The first-order valence-electron chi connectivity index (χ1n) is 10.3. The summed E-state index contributed by atoms with van der Waals surface area (Å²) in [5.41, 5.74) is 3.01. The van der Waals surface area contributed by atoms with Crippen LogP contribution in [-0.2, 0) is 16.0 Å². The first-order valence-corrected chi connectivity index (χ1v) is 12.4. The van der Waals surface area contributed by atoms with E-state index in [1.54, 1.807) is 0 Å². The zero-order valence-electron chi connectivity index (χ0n) is 18.2. The van der Waals surface area contributed by atoms with E-state index in [9.17, 15) is 19.8 Å². The molecule has 1 saturated heterocycles. The summed E-state index contributed by atoms with van der Waals surface area (Å²) in [6, 6.07) is 16.5. The van der Waals surface area contributed by atoms with Gasteiger partial charge in [0.1, 0.15) is 0 Å². The van der Waals surface area contributed by atoms with Gasteiger partial charge in [0.2, 0.25) is 0 Å². The number of hydrogen-bond donors (Lipinski definition) is 0. The van der Waals surface area contributed by atoms with E-state index < -0.39 is 11.9 Å². The average Bonchev–Trinajstić information content (AvgIpc) is 2.95. The summed E-state index contributed by atoms with van der Waals surface area (Å²) in [5.74, 6) is -3.09. The Hall–Kier alpha value is -2.26. The van der Waals surface area contributed by atoms with Gasteiger partial charge in [0.05, 0.1) is 11.9 Å². The van der Waals surface area contributed by atoms with Crippen LogP contribution in [0.25, 0.3) is 0 Å². The Labute approximate surface area is 197 Å². The van der Waals surface area contributed by atoms with Gasteiger partial charge in [-0.25, -0.2) is 0 Å². The predicted octanol–water partition coefficient (Wildman–Crippen LogP) is 1.45. The fraction of sp³-hybridized carbons (Fsp3) is 0.333. The third-order valence-electron chi connectivity index (χ3n) is 5.52. The summed E-state index contributed by atoms with van der Waals surface area (Å²) in [5, 5.41) is 18.8. The van der Waals surface area contributed by atoms with Gasteiger partial charge >= 0.3 is 0 Å². The van der Waals surface area contributed by atoms with Crippen molar-refractivity contribution in [1.82, 2.24) is 9.80 Å². The molecule has 1 fully saturated rings. The van der Waals surface area contributed by atoms with Crippen molar-refractivity contribution in [3.8, 4) is 0 Å². The standard InChI is InChI=1S/C20H24N2S2.C4H4O4/c1-21-9-11-22(12-10-21)18-13-15-5-3-4-6-19(15)24-20-8-7-16(23-2)14-17(18)20;5-3(6)1-2-4(7)8/h3-8,14,18H,9-13H2,1-2H3;1-2H,(H,5,6)(H,7,8)/p-2/b;2-1-. The number of carboxylic acid groups (broad SMARTS) is 2. The molecule has 1 atom stereocenters. The molecule has 6 nitrogen and oxygen atoms in total. The van der Waals surface area contributed by atoms with E-state index in [0.29, 0.717) is 18.2 Å². The van der Waals surface area contributed by atoms with E-state index in [0.717, 1.165) is 19.5 Å². The van der Waals surface area contributed by atoms with E-state index in [1.807, 2.05) is 23.5 Å². The Bertz CT molecular complexity index is 972. The van der Waals surface area contributed by atoms with Crippen LogP contribution in [0.2, 0.25) is 0 Å². The molecule has 0 radical (unpaired) electrons. The van der Waals surface area contributed by atoms with Crippen LogP contribution in [0.4, 0.5) is 0 Å². The lowest BCUT2D eigenvalue weighted by atomic mass is 9.96. The number of nitrogens with zero attached hydrogens (tertiary/aromatic N) is 2. The smallest absolute Gasteiger partial charge is 0.0643 e. The van der Waals surface area contributed by atoms with Crippen molar-refractivity contribution >= 4 is 35.5 Å². The van der Waals surface area contributed by atoms with Gasteiger partial charge in [-0.15, -0.1) is 11.8 Å². The minimum absolute atomic E-state index is 0.384. The zero-order chi connectivity index (χ0) is 23.1. The predicted molar refractivity (Wildman–Crippen MR) is 123 cm³/mol. The summed E-state index contributed by atoms with van der Waals surface area (Å²) in [6.45, 7) is 4.67. The van der Waals surface area contributed by atoms with E-state index >= 15 is 0 Å². The molecule has 4 rings (SSSR count). The van der Waals surface area contributed by atoms with E-state index in [2.05, 4.69) is 65.6 Å². The van der Waals surface area contributed by atoms with Crippen molar-refractivity contribution < 1.29 is 19.8 Å². The number of piperazine rings is 1. The lowest BCUT2D eigenvalue weighted by Crippen LogP contribution is -2.46. The number of carbonyl (C=O) groups is 2. The monoisotopic (exact) mass is 470 g/mol. The molecule has 1 unspecified atom stereocenters. The number of aliphatic carboxylic acids is 2. The van der Waals surface area contributed by atoms with Crippen molar-refractivity contribution in [3.63, 3.8) is 0 Å². The zero-order valence-corrected chi connectivity index (χ0v) is 19.8. The molecule has 8 heteroatoms. The molecular formula is C24H26N2O4S2-2. The van der Waals surface area contributed by atoms with Gasteiger partial charge in [-0.2, -0.15) is 0 Å². The summed E-state index contributed by atoms with van der Waals surface area (Å²) in [7, 11) is 2.23. The van der Waals surface area contributed by atoms with Gasteiger partial charge < -0.3 is 24.7 Å². The first-order chi connectivity index (χ1) is 15.4. The van der Waals surface area contributed by atoms with Crippen LogP contribution in [0.1, 0.15) is 17.2 Å². The minimum Gasteiger partial charge on any atom is -0.545 e.